The van der Waals surface area contributed by atoms with Gasteiger partial charge >= 0.3 is 0 Å². The molecule has 0 atom stereocenters. The normalized spacial score (nSPS) is 13.4. The van der Waals surface area contributed by atoms with Gasteiger partial charge < -0.3 is 20.4 Å². The maximum atomic E-state index is 12.4. The Balaban J connectivity index is 0.00000312. The van der Waals surface area contributed by atoms with Crippen molar-refractivity contribution in [1.29, 1.82) is 0 Å². The van der Waals surface area contributed by atoms with Crippen molar-refractivity contribution in [3.05, 3.63) is 35.4 Å². The summed E-state index contributed by atoms with van der Waals surface area (Å²) in [5, 5.41) is 5.86. The largest absolute Gasteiger partial charge is 0.347 e. The average Bonchev–Trinajstić information content (AvgIpc) is 2.60. The molecule has 1 aliphatic rings. The minimum absolute atomic E-state index is 0. The number of nitrogens with zero attached hydrogens (tertiary/aromatic N) is 3. The van der Waals surface area contributed by atoms with E-state index in [4.69, 9.17) is 0 Å². The van der Waals surface area contributed by atoms with Crippen molar-refractivity contribution in [2.24, 2.45) is 4.99 Å². The van der Waals surface area contributed by atoms with E-state index < -0.39 is 0 Å². The molecule has 0 radical (unpaired) electrons. The Morgan fingerprint density at radius 1 is 1.16 bits per heavy atom. The number of nitrogens with one attached hydrogen (secondary N) is 2. The van der Waals surface area contributed by atoms with Crippen LogP contribution in [0.25, 0.3) is 0 Å². The van der Waals surface area contributed by atoms with Gasteiger partial charge in [-0.3, -0.25) is 14.6 Å². The van der Waals surface area contributed by atoms with Gasteiger partial charge in [0.25, 0.3) is 0 Å². The molecule has 0 saturated heterocycles. The number of carbonyl (C=O) groups excluding carboxylic acids is 2. The molecule has 7 nitrogen and oxygen atoms in total. The van der Waals surface area contributed by atoms with E-state index in [0.29, 0.717) is 12.5 Å². The summed E-state index contributed by atoms with van der Waals surface area (Å²) in [6, 6.07) is 8.21. The molecule has 2 N–H and O–H groups in total. The molecule has 1 heterocycles. The fourth-order valence-corrected chi connectivity index (χ4v) is 2.52. The van der Waals surface area contributed by atoms with Crippen LogP contribution in [0.3, 0.4) is 0 Å². The van der Waals surface area contributed by atoms with Crippen molar-refractivity contribution < 1.29 is 9.59 Å². The Morgan fingerprint density at radius 2 is 1.80 bits per heavy atom. The van der Waals surface area contributed by atoms with Gasteiger partial charge in [0.2, 0.25) is 11.8 Å². The highest BCUT2D eigenvalue weighted by molar-refractivity contribution is 14.0. The minimum atomic E-state index is -0.0584. The van der Waals surface area contributed by atoms with Crippen molar-refractivity contribution in [2.75, 3.05) is 40.8 Å². The van der Waals surface area contributed by atoms with Gasteiger partial charge in [0, 0.05) is 34.2 Å². The number of guanidine groups is 1. The number of aliphatic imine (C=N–C) groups is 1. The molecule has 2 amide bonds. The van der Waals surface area contributed by atoms with Crippen LogP contribution < -0.4 is 10.6 Å². The predicted octanol–water partition coefficient (Wildman–Crippen LogP) is 0.443. The number of rotatable bonds is 4. The van der Waals surface area contributed by atoms with Crippen LogP contribution in [-0.2, 0) is 22.6 Å². The van der Waals surface area contributed by atoms with Gasteiger partial charge in [0.15, 0.2) is 5.96 Å². The van der Waals surface area contributed by atoms with Crippen LogP contribution in [0.2, 0.25) is 0 Å². The van der Waals surface area contributed by atoms with Crippen LogP contribution in [0.1, 0.15) is 11.1 Å². The summed E-state index contributed by atoms with van der Waals surface area (Å²) < 4.78 is 0. The van der Waals surface area contributed by atoms with Gasteiger partial charge in [-0.25, -0.2) is 0 Å². The highest BCUT2D eigenvalue weighted by atomic mass is 127. The Kier molecular flexibility index (Phi) is 8.67. The monoisotopic (exact) mass is 459 g/mol. The van der Waals surface area contributed by atoms with Crippen LogP contribution >= 0.6 is 24.0 Å². The van der Waals surface area contributed by atoms with E-state index >= 15 is 0 Å². The first kappa shape index (κ1) is 21.2. The molecule has 0 aliphatic carbocycles. The van der Waals surface area contributed by atoms with E-state index in [-0.39, 0.29) is 48.9 Å². The van der Waals surface area contributed by atoms with Crippen molar-refractivity contribution in [3.8, 4) is 0 Å². The van der Waals surface area contributed by atoms with Crippen LogP contribution in [0.15, 0.2) is 29.3 Å². The first-order chi connectivity index (χ1) is 11.5. The van der Waals surface area contributed by atoms with Gasteiger partial charge in [-0.1, -0.05) is 24.3 Å². The summed E-state index contributed by atoms with van der Waals surface area (Å²) in [6.07, 6.45) is 0.881. The number of amides is 2. The Bertz CT molecular complexity index is 633. The summed E-state index contributed by atoms with van der Waals surface area (Å²) >= 11 is 0. The minimum Gasteiger partial charge on any atom is -0.347 e. The fourth-order valence-electron chi connectivity index (χ4n) is 2.52. The lowest BCUT2D eigenvalue weighted by molar-refractivity contribution is -0.130. The molecule has 25 heavy (non-hydrogen) atoms. The fraction of sp³-hybridized carbons (Fsp3) is 0.471. The van der Waals surface area contributed by atoms with Crippen molar-refractivity contribution in [1.82, 2.24) is 20.4 Å². The summed E-state index contributed by atoms with van der Waals surface area (Å²) in [4.78, 5) is 31.3. The van der Waals surface area contributed by atoms with E-state index in [9.17, 15) is 9.59 Å². The highest BCUT2D eigenvalue weighted by Gasteiger charge is 2.20. The van der Waals surface area contributed by atoms with Gasteiger partial charge in [0.05, 0.1) is 13.1 Å². The first-order valence-corrected chi connectivity index (χ1v) is 8.00. The smallest absolute Gasteiger partial charge is 0.242 e. The van der Waals surface area contributed by atoms with Crippen molar-refractivity contribution in [3.63, 3.8) is 0 Å². The van der Waals surface area contributed by atoms with Crippen molar-refractivity contribution >= 4 is 41.8 Å². The molecule has 1 aromatic carbocycles. The van der Waals surface area contributed by atoms with Crippen LogP contribution in [0.4, 0.5) is 0 Å². The summed E-state index contributed by atoms with van der Waals surface area (Å²) in [7, 11) is 4.99. The lowest BCUT2D eigenvalue weighted by atomic mass is 10.00. The molecule has 0 unspecified atom stereocenters. The summed E-state index contributed by atoms with van der Waals surface area (Å²) in [6.45, 7) is 1.65. The van der Waals surface area contributed by atoms with Gasteiger partial charge in [-0.15, -0.1) is 24.0 Å². The van der Waals surface area contributed by atoms with Gasteiger partial charge in [-0.2, -0.15) is 0 Å². The SMILES string of the molecule is CN=C(NCC(=O)N(C)C)NCC(=O)N1CCc2ccccc2C1.I. The molecular weight excluding hydrogens is 433 g/mol. The van der Waals surface area contributed by atoms with Gasteiger partial charge in [-0.05, 0) is 17.5 Å². The number of fused-ring (bicyclic) bond motifs is 1. The van der Waals surface area contributed by atoms with Gasteiger partial charge in [0.1, 0.15) is 0 Å². The van der Waals surface area contributed by atoms with E-state index in [0.717, 1.165) is 13.0 Å². The topological polar surface area (TPSA) is 77.0 Å². The third-order valence-electron chi connectivity index (χ3n) is 4.02. The molecule has 2 rings (SSSR count). The van der Waals surface area contributed by atoms with Crippen LogP contribution in [0, 0.1) is 0 Å². The highest BCUT2D eigenvalue weighted by Crippen LogP contribution is 2.18. The van der Waals surface area contributed by atoms with E-state index in [1.54, 1.807) is 21.1 Å². The average molecular weight is 459 g/mol. The third kappa shape index (κ3) is 6.18. The first-order valence-electron chi connectivity index (χ1n) is 8.00. The number of likely N-dealkylation sites (N-methyl/N-ethyl adjacent to an activating group) is 1. The molecule has 8 heteroatoms. The maximum Gasteiger partial charge on any atom is 0.242 e. The molecule has 1 aromatic rings. The number of hydrogen-bond donors (Lipinski definition) is 2. The summed E-state index contributed by atoms with van der Waals surface area (Å²) in [5.41, 5.74) is 2.52. The second-order valence-electron chi connectivity index (χ2n) is 5.90. The molecule has 0 saturated carbocycles. The molecule has 0 fully saturated rings. The zero-order valence-corrected chi connectivity index (χ0v) is 17.2. The molecule has 0 spiro atoms. The van der Waals surface area contributed by atoms with E-state index in [2.05, 4.69) is 27.8 Å². The van der Waals surface area contributed by atoms with Crippen LogP contribution in [-0.4, -0.2) is 68.4 Å². The second-order valence-corrected chi connectivity index (χ2v) is 5.90. The van der Waals surface area contributed by atoms with E-state index in [1.807, 2.05) is 17.0 Å². The third-order valence-corrected chi connectivity index (χ3v) is 4.02. The Labute approximate surface area is 165 Å². The number of carbonyl (C=O) groups is 2. The van der Waals surface area contributed by atoms with Crippen molar-refractivity contribution in [2.45, 2.75) is 13.0 Å². The zero-order chi connectivity index (χ0) is 17.5. The molecule has 0 aromatic heterocycles. The maximum absolute atomic E-state index is 12.4. The molecule has 1 aliphatic heterocycles. The lowest BCUT2D eigenvalue weighted by Crippen LogP contribution is -2.47. The number of hydrogen-bond acceptors (Lipinski definition) is 3. The number of halogens is 1. The Hall–Kier alpha value is -1.84. The second kappa shape index (κ2) is 10.2. The Morgan fingerprint density at radius 3 is 2.44 bits per heavy atom. The molecular formula is C17H26IN5O2. The number of benzene rings is 1. The standard InChI is InChI=1S/C17H25N5O2.HI/c1-18-17(19-10-15(23)21(2)3)20-11-16(24)22-9-8-13-6-4-5-7-14(13)12-22;/h4-7H,8-12H2,1-3H3,(H2,18,19,20);1H. The molecule has 0 bridgehead atoms. The zero-order valence-electron chi connectivity index (χ0n) is 14.9. The lowest BCUT2D eigenvalue weighted by Gasteiger charge is -2.29. The predicted molar refractivity (Wildman–Crippen MR) is 109 cm³/mol. The summed E-state index contributed by atoms with van der Waals surface area (Å²) in [5.74, 6) is 0.402. The quantitative estimate of drug-likeness (QED) is 0.390. The van der Waals surface area contributed by atoms with E-state index in [1.165, 1.54) is 16.0 Å². The molecule has 138 valence electrons. The van der Waals surface area contributed by atoms with Crippen LogP contribution in [0.5, 0.6) is 0 Å².